The molecule has 0 saturated carbocycles. The molecule has 6 atom stereocenters. The molecule has 3 fully saturated rings. The molecule has 3 aliphatic heterocycles. The van der Waals surface area contributed by atoms with Crippen LogP contribution in [0.1, 0.15) is 31.7 Å². The van der Waals surface area contributed by atoms with Crippen molar-refractivity contribution in [3.8, 4) is 0 Å². The van der Waals surface area contributed by atoms with Crippen LogP contribution in [0.3, 0.4) is 0 Å². The first-order valence-electron chi connectivity index (χ1n) is 15.0. The van der Waals surface area contributed by atoms with Crippen LogP contribution in [0.5, 0.6) is 0 Å². The van der Waals surface area contributed by atoms with E-state index in [1.807, 2.05) is 37.3 Å². The summed E-state index contributed by atoms with van der Waals surface area (Å²) in [5, 5.41) is 11.2. The highest BCUT2D eigenvalue weighted by molar-refractivity contribution is 6.30. The molecule has 5 rings (SSSR count). The van der Waals surface area contributed by atoms with E-state index in [1.54, 1.807) is 46.2 Å². The summed E-state index contributed by atoms with van der Waals surface area (Å²) in [6.07, 6.45) is 4.99. The zero-order valence-electron chi connectivity index (χ0n) is 24.6. The molecular formula is C34H40ClN3O5. The maximum atomic E-state index is 14.8. The normalized spacial score (nSPS) is 26.2. The van der Waals surface area contributed by atoms with E-state index in [2.05, 4.69) is 13.2 Å². The van der Waals surface area contributed by atoms with Crippen molar-refractivity contribution in [2.24, 2.45) is 11.8 Å². The van der Waals surface area contributed by atoms with Crippen LogP contribution in [-0.2, 0) is 25.5 Å². The second-order valence-corrected chi connectivity index (χ2v) is 12.1. The van der Waals surface area contributed by atoms with Gasteiger partial charge in [0, 0.05) is 30.3 Å². The van der Waals surface area contributed by atoms with Gasteiger partial charge in [-0.2, -0.15) is 0 Å². The number of nitrogens with zero attached hydrogens (tertiary/aromatic N) is 3. The molecule has 8 nitrogen and oxygen atoms in total. The zero-order valence-corrected chi connectivity index (χ0v) is 25.4. The van der Waals surface area contributed by atoms with E-state index in [1.165, 1.54) is 4.90 Å². The van der Waals surface area contributed by atoms with Crippen LogP contribution in [0.25, 0.3) is 0 Å². The number of hydrogen-bond donors (Lipinski definition) is 1. The van der Waals surface area contributed by atoms with Gasteiger partial charge in [-0.05, 0) is 55.5 Å². The number of likely N-dealkylation sites (tertiary alicyclic amines) is 1. The van der Waals surface area contributed by atoms with Crippen molar-refractivity contribution in [2.75, 3.05) is 31.1 Å². The molecule has 1 N–H and O–H groups in total. The second kappa shape index (κ2) is 13.0. The molecule has 9 heteroatoms. The van der Waals surface area contributed by atoms with Gasteiger partial charge in [-0.25, -0.2) is 0 Å². The lowest BCUT2D eigenvalue weighted by atomic mass is 9.70. The van der Waals surface area contributed by atoms with Gasteiger partial charge in [-0.1, -0.05) is 61.0 Å². The van der Waals surface area contributed by atoms with E-state index in [-0.39, 0.29) is 30.9 Å². The molecule has 2 unspecified atom stereocenters. The number of carbonyl (C=O) groups is 3. The Labute approximate surface area is 258 Å². The summed E-state index contributed by atoms with van der Waals surface area (Å²) in [5.74, 6) is -2.36. The number of fused-ring (bicyclic) bond motifs is 1. The lowest BCUT2D eigenvalue weighted by Crippen LogP contribution is -2.59. The summed E-state index contributed by atoms with van der Waals surface area (Å²) >= 11 is 6.15. The van der Waals surface area contributed by atoms with E-state index in [9.17, 15) is 19.5 Å². The first-order valence-corrected chi connectivity index (χ1v) is 15.4. The average molecular weight is 606 g/mol. The topological polar surface area (TPSA) is 90.4 Å². The first-order chi connectivity index (χ1) is 20.8. The fraction of sp³-hybridized carbons (Fsp3) is 0.441. The Hall–Kier alpha value is -3.46. The van der Waals surface area contributed by atoms with Crippen LogP contribution in [0.4, 0.5) is 5.69 Å². The molecule has 2 aromatic carbocycles. The van der Waals surface area contributed by atoms with Gasteiger partial charge in [0.05, 0.1) is 30.6 Å². The number of rotatable bonds is 13. The highest BCUT2D eigenvalue weighted by Gasteiger charge is 2.75. The molecule has 0 aromatic heterocycles. The SMILES string of the molecule is C=CCN(CCC)C(=O)[C@@H]1[C@H]2C(=O)N([C@@H](CO)Cc3ccccc3)C(C(=O)N(CC=C)c3ccc(Cl)cc3)C23CC[C@H]1O3. The van der Waals surface area contributed by atoms with Crippen molar-refractivity contribution >= 4 is 35.0 Å². The Morgan fingerprint density at radius 1 is 1.12 bits per heavy atom. The van der Waals surface area contributed by atoms with Crippen LogP contribution in [-0.4, -0.2) is 82.7 Å². The fourth-order valence-electron chi connectivity index (χ4n) is 7.33. The van der Waals surface area contributed by atoms with Crippen molar-refractivity contribution in [1.29, 1.82) is 0 Å². The minimum absolute atomic E-state index is 0.149. The molecule has 3 heterocycles. The molecule has 2 aromatic rings. The number of amides is 3. The van der Waals surface area contributed by atoms with Crippen LogP contribution in [0, 0.1) is 11.8 Å². The number of benzene rings is 2. The summed E-state index contributed by atoms with van der Waals surface area (Å²) in [6.45, 7) is 10.4. The van der Waals surface area contributed by atoms with Gasteiger partial charge >= 0.3 is 0 Å². The first kappa shape index (κ1) is 31.0. The smallest absolute Gasteiger partial charge is 0.253 e. The summed E-state index contributed by atoms with van der Waals surface area (Å²) in [4.78, 5) is 48.3. The number of carbonyl (C=O) groups excluding carboxylic acids is 3. The monoisotopic (exact) mass is 605 g/mol. The zero-order chi connectivity index (χ0) is 30.7. The molecule has 3 saturated heterocycles. The summed E-state index contributed by atoms with van der Waals surface area (Å²) in [7, 11) is 0. The van der Waals surface area contributed by atoms with E-state index in [4.69, 9.17) is 16.3 Å². The number of ether oxygens (including phenoxy) is 1. The fourth-order valence-corrected chi connectivity index (χ4v) is 7.46. The standard InChI is InChI=1S/C34H40ClN3O5/c1-4-18-36(19-5-2)31(40)28-27-16-17-34(43-27)29(28)32(41)38(26(22-39)21-23-10-8-7-9-11-23)30(34)33(42)37(20-6-3)25-14-12-24(35)13-15-25/h4,6-15,26-30,39H,1,3,5,16-22H2,2H3/t26-,27-,28+,29+,30?,34?/m1/s1. The Balaban J connectivity index is 1.60. The van der Waals surface area contributed by atoms with Gasteiger partial charge in [0.25, 0.3) is 5.91 Å². The van der Waals surface area contributed by atoms with Crippen molar-refractivity contribution in [3.63, 3.8) is 0 Å². The molecule has 0 radical (unpaired) electrons. The number of hydrogen-bond acceptors (Lipinski definition) is 5. The van der Waals surface area contributed by atoms with Gasteiger partial charge in [0.1, 0.15) is 11.6 Å². The molecule has 0 aliphatic carbocycles. The average Bonchev–Trinajstić information content (AvgIpc) is 3.66. The summed E-state index contributed by atoms with van der Waals surface area (Å²) in [6, 6.07) is 14.8. The molecule has 228 valence electrons. The van der Waals surface area contributed by atoms with Gasteiger partial charge < -0.3 is 24.5 Å². The van der Waals surface area contributed by atoms with Crippen molar-refractivity contribution in [1.82, 2.24) is 9.80 Å². The molecule has 1 spiro atoms. The Bertz CT molecular complexity index is 1350. The molecule has 3 aliphatic rings. The third-order valence-electron chi connectivity index (χ3n) is 9.05. The van der Waals surface area contributed by atoms with Crippen molar-refractivity contribution in [3.05, 3.63) is 90.5 Å². The highest BCUT2D eigenvalue weighted by atomic mass is 35.5. The lowest BCUT2D eigenvalue weighted by molar-refractivity contribution is -0.147. The molecule has 2 bridgehead atoms. The predicted molar refractivity (Wildman–Crippen MR) is 167 cm³/mol. The van der Waals surface area contributed by atoms with Gasteiger partial charge in [0.2, 0.25) is 11.8 Å². The van der Waals surface area contributed by atoms with E-state index in [0.717, 1.165) is 12.0 Å². The van der Waals surface area contributed by atoms with Crippen molar-refractivity contribution < 1.29 is 24.2 Å². The van der Waals surface area contributed by atoms with Gasteiger partial charge in [0.15, 0.2) is 0 Å². The van der Waals surface area contributed by atoms with E-state index < -0.39 is 35.6 Å². The Kier molecular flexibility index (Phi) is 9.39. The maximum absolute atomic E-state index is 14.8. The predicted octanol–water partition coefficient (Wildman–Crippen LogP) is 4.26. The van der Waals surface area contributed by atoms with Gasteiger partial charge in [-0.3, -0.25) is 14.4 Å². The van der Waals surface area contributed by atoms with Gasteiger partial charge in [-0.15, -0.1) is 13.2 Å². The number of aliphatic hydroxyl groups excluding tert-OH is 1. The van der Waals surface area contributed by atoms with Crippen LogP contribution >= 0.6 is 11.6 Å². The highest BCUT2D eigenvalue weighted by Crippen LogP contribution is 2.59. The third-order valence-corrected chi connectivity index (χ3v) is 9.30. The minimum atomic E-state index is -1.19. The summed E-state index contributed by atoms with van der Waals surface area (Å²) in [5.41, 5.74) is 0.334. The number of anilines is 1. The third kappa shape index (κ3) is 5.52. The van der Waals surface area contributed by atoms with Crippen LogP contribution in [0.2, 0.25) is 5.02 Å². The molecule has 3 amide bonds. The second-order valence-electron chi connectivity index (χ2n) is 11.6. The number of aliphatic hydroxyl groups is 1. The van der Waals surface area contributed by atoms with Crippen molar-refractivity contribution in [2.45, 2.75) is 56.4 Å². The van der Waals surface area contributed by atoms with E-state index in [0.29, 0.717) is 43.1 Å². The summed E-state index contributed by atoms with van der Waals surface area (Å²) < 4.78 is 6.67. The largest absolute Gasteiger partial charge is 0.394 e. The Morgan fingerprint density at radius 3 is 2.44 bits per heavy atom. The van der Waals surface area contributed by atoms with Crippen LogP contribution < -0.4 is 4.90 Å². The number of halogens is 1. The van der Waals surface area contributed by atoms with E-state index >= 15 is 0 Å². The minimum Gasteiger partial charge on any atom is -0.394 e. The maximum Gasteiger partial charge on any atom is 0.253 e. The Morgan fingerprint density at radius 2 is 1.81 bits per heavy atom. The van der Waals surface area contributed by atoms with Crippen LogP contribution in [0.15, 0.2) is 79.9 Å². The quantitative estimate of drug-likeness (QED) is 0.345. The molecular weight excluding hydrogens is 566 g/mol. The lowest BCUT2D eigenvalue weighted by Gasteiger charge is -2.39. The molecule has 43 heavy (non-hydrogen) atoms.